The number of nitro groups is 1. The molecule has 1 aromatic carbocycles. The third-order valence-electron chi connectivity index (χ3n) is 3.13. The quantitative estimate of drug-likeness (QED) is 0.395. The standard InChI is InChI=1S/C14H7ClFN3O5/c15-10-5-7(1-3-11(10)16)18-14(21)9(13(20)17-18)6-8-2-4-12(24-8)19(22)23/h1-6H,(H,17,20)/b9-6-. The van der Waals surface area contributed by atoms with Crippen LogP contribution in [0.25, 0.3) is 6.08 Å². The molecule has 0 bridgehead atoms. The van der Waals surface area contributed by atoms with Crippen molar-refractivity contribution in [2.45, 2.75) is 0 Å². The van der Waals surface area contributed by atoms with Crippen LogP contribution in [0.3, 0.4) is 0 Å². The number of nitrogens with one attached hydrogen (secondary N) is 1. The van der Waals surface area contributed by atoms with Crippen molar-refractivity contribution in [3.8, 4) is 0 Å². The molecule has 2 heterocycles. The lowest BCUT2D eigenvalue weighted by atomic mass is 10.2. The monoisotopic (exact) mass is 351 g/mol. The molecule has 0 spiro atoms. The first kappa shape index (κ1) is 15.7. The Hall–Kier alpha value is -3.20. The minimum absolute atomic E-state index is 0.0285. The number of nitrogens with zero attached hydrogens (tertiary/aromatic N) is 2. The van der Waals surface area contributed by atoms with Crippen LogP contribution in [0.1, 0.15) is 5.76 Å². The fraction of sp³-hybridized carbons (Fsp3) is 0. The molecule has 0 radical (unpaired) electrons. The summed E-state index contributed by atoms with van der Waals surface area (Å²) in [5.41, 5.74) is 2.16. The molecule has 0 atom stereocenters. The zero-order chi connectivity index (χ0) is 17.4. The van der Waals surface area contributed by atoms with Crippen molar-refractivity contribution in [3.63, 3.8) is 0 Å². The number of carbonyl (C=O) groups excluding carboxylic acids is 2. The fourth-order valence-corrected chi connectivity index (χ4v) is 2.20. The van der Waals surface area contributed by atoms with Gasteiger partial charge in [-0.05, 0) is 30.3 Å². The Morgan fingerprint density at radius 2 is 2.04 bits per heavy atom. The van der Waals surface area contributed by atoms with E-state index in [0.717, 1.165) is 23.2 Å². The number of hydrogen-bond donors (Lipinski definition) is 1. The normalized spacial score (nSPS) is 15.9. The maximum Gasteiger partial charge on any atom is 0.433 e. The Morgan fingerprint density at radius 1 is 1.29 bits per heavy atom. The van der Waals surface area contributed by atoms with Crippen LogP contribution in [0.5, 0.6) is 0 Å². The molecule has 1 aliphatic heterocycles. The molecule has 2 aromatic rings. The Bertz CT molecular complexity index is 908. The van der Waals surface area contributed by atoms with Gasteiger partial charge in [0.1, 0.15) is 22.1 Å². The molecule has 1 saturated heterocycles. The van der Waals surface area contributed by atoms with Crippen molar-refractivity contribution < 1.29 is 23.3 Å². The molecule has 24 heavy (non-hydrogen) atoms. The van der Waals surface area contributed by atoms with Gasteiger partial charge in [-0.1, -0.05) is 11.6 Å². The minimum atomic E-state index is -0.745. The third-order valence-corrected chi connectivity index (χ3v) is 3.42. The largest absolute Gasteiger partial charge is 0.433 e. The molecule has 2 amide bonds. The molecular weight excluding hydrogens is 345 g/mol. The summed E-state index contributed by atoms with van der Waals surface area (Å²) in [7, 11) is 0. The van der Waals surface area contributed by atoms with E-state index in [4.69, 9.17) is 16.0 Å². The molecule has 0 unspecified atom stereocenters. The number of hydrazine groups is 1. The van der Waals surface area contributed by atoms with Crippen molar-refractivity contribution >= 4 is 41.1 Å². The van der Waals surface area contributed by atoms with Gasteiger partial charge >= 0.3 is 5.88 Å². The molecule has 0 aliphatic carbocycles. The highest BCUT2D eigenvalue weighted by Gasteiger charge is 2.35. The summed E-state index contributed by atoms with van der Waals surface area (Å²) >= 11 is 5.66. The van der Waals surface area contributed by atoms with Crippen molar-refractivity contribution in [1.29, 1.82) is 0 Å². The molecule has 1 fully saturated rings. The van der Waals surface area contributed by atoms with Gasteiger partial charge in [0.05, 0.1) is 16.8 Å². The van der Waals surface area contributed by atoms with Crippen molar-refractivity contribution in [2.75, 3.05) is 5.01 Å². The number of halogens is 2. The van der Waals surface area contributed by atoms with E-state index in [0.29, 0.717) is 0 Å². The van der Waals surface area contributed by atoms with E-state index in [9.17, 15) is 24.1 Å². The van der Waals surface area contributed by atoms with Gasteiger partial charge in [-0.2, -0.15) is 0 Å². The first-order chi connectivity index (χ1) is 11.4. The number of anilines is 1. The van der Waals surface area contributed by atoms with Crippen LogP contribution < -0.4 is 10.4 Å². The second kappa shape index (κ2) is 5.78. The summed E-state index contributed by atoms with van der Waals surface area (Å²) in [6, 6.07) is 5.84. The van der Waals surface area contributed by atoms with Gasteiger partial charge in [-0.3, -0.25) is 25.1 Å². The summed E-state index contributed by atoms with van der Waals surface area (Å²) in [4.78, 5) is 34.1. The average Bonchev–Trinajstić information content (AvgIpc) is 3.11. The highest BCUT2D eigenvalue weighted by atomic mass is 35.5. The molecule has 10 heteroatoms. The highest BCUT2D eigenvalue weighted by molar-refractivity contribution is 6.33. The molecule has 1 N–H and O–H groups in total. The smallest absolute Gasteiger partial charge is 0.401 e. The van der Waals surface area contributed by atoms with E-state index >= 15 is 0 Å². The first-order valence-electron chi connectivity index (χ1n) is 6.43. The Labute approximate surface area is 138 Å². The number of benzene rings is 1. The molecule has 122 valence electrons. The lowest BCUT2D eigenvalue weighted by Gasteiger charge is -2.14. The summed E-state index contributed by atoms with van der Waals surface area (Å²) in [6.45, 7) is 0. The Morgan fingerprint density at radius 3 is 2.67 bits per heavy atom. The van der Waals surface area contributed by atoms with Gasteiger partial charge in [-0.15, -0.1) is 0 Å². The number of amides is 2. The van der Waals surface area contributed by atoms with Crippen LogP contribution in [-0.4, -0.2) is 16.7 Å². The predicted octanol–water partition coefficient (Wildman–Crippen LogP) is 2.44. The van der Waals surface area contributed by atoms with Crippen LogP contribution in [0.15, 0.2) is 40.3 Å². The Kier molecular flexibility index (Phi) is 3.78. The van der Waals surface area contributed by atoms with Gasteiger partial charge in [0, 0.05) is 0 Å². The van der Waals surface area contributed by atoms with Gasteiger partial charge in [0.15, 0.2) is 0 Å². The van der Waals surface area contributed by atoms with Gasteiger partial charge in [0.25, 0.3) is 11.8 Å². The van der Waals surface area contributed by atoms with Gasteiger partial charge in [0.2, 0.25) is 0 Å². The van der Waals surface area contributed by atoms with Gasteiger partial charge < -0.3 is 4.42 Å². The Balaban J connectivity index is 1.92. The van der Waals surface area contributed by atoms with Crippen LogP contribution in [0.4, 0.5) is 16.0 Å². The first-order valence-corrected chi connectivity index (χ1v) is 6.81. The minimum Gasteiger partial charge on any atom is -0.401 e. The van der Waals surface area contributed by atoms with E-state index in [1.54, 1.807) is 0 Å². The van der Waals surface area contributed by atoms with E-state index in [2.05, 4.69) is 5.43 Å². The second-order valence-electron chi connectivity index (χ2n) is 4.67. The highest BCUT2D eigenvalue weighted by Crippen LogP contribution is 2.26. The predicted molar refractivity (Wildman–Crippen MR) is 80.4 cm³/mol. The molecule has 3 rings (SSSR count). The summed E-state index contributed by atoms with van der Waals surface area (Å²) in [5, 5.41) is 11.2. The molecule has 1 aromatic heterocycles. The van der Waals surface area contributed by atoms with Crippen molar-refractivity contribution in [3.05, 3.63) is 62.6 Å². The number of hydrogen-bond acceptors (Lipinski definition) is 5. The molecule has 1 aliphatic rings. The second-order valence-corrected chi connectivity index (χ2v) is 5.08. The molecule has 8 nitrogen and oxygen atoms in total. The topological polar surface area (TPSA) is 106 Å². The summed E-state index contributed by atoms with van der Waals surface area (Å²) in [5.74, 6) is -2.69. The maximum absolute atomic E-state index is 13.2. The lowest BCUT2D eigenvalue weighted by molar-refractivity contribution is -0.402. The third kappa shape index (κ3) is 2.72. The van der Waals surface area contributed by atoms with E-state index in [1.807, 2.05) is 0 Å². The SMILES string of the molecule is O=C1NN(c2ccc(F)c(Cl)c2)C(=O)/C1=C\c1ccc([N+](=O)[O-])o1. The zero-order valence-electron chi connectivity index (χ0n) is 11.7. The van der Waals surface area contributed by atoms with Gasteiger partial charge in [-0.25, -0.2) is 9.40 Å². The lowest BCUT2D eigenvalue weighted by Crippen LogP contribution is -2.35. The number of furan rings is 1. The van der Waals surface area contributed by atoms with Crippen LogP contribution in [0.2, 0.25) is 5.02 Å². The summed E-state index contributed by atoms with van der Waals surface area (Å²) in [6.07, 6.45) is 1.08. The average molecular weight is 352 g/mol. The van der Waals surface area contributed by atoms with Crippen LogP contribution >= 0.6 is 11.6 Å². The van der Waals surface area contributed by atoms with E-state index in [-0.39, 0.29) is 22.0 Å². The maximum atomic E-state index is 13.2. The zero-order valence-corrected chi connectivity index (χ0v) is 12.4. The number of rotatable bonds is 3. The number of carbonyl (C=O) groups is 2. The van der Waals surface area contributed by atoms with Crippen molar-refractivity contribution in [1.82, 2.24) is 5.43 Å². The molecule has 0 saturated carbocycles. The van der Waals surface area contributed by atoms with E-state index in [1.165, 1.54) is 18.2 Å². The van der Waals surface area contributed by atoms with E-state index < -0.39 is 28.4 Å². The van der Waals surface area contributed by atoms with Crippen LogP contribution in [0, 0.1) is 15.9 Å². The fourth-order valence-electron chi connectivity index (χ4n) is 2.02. The summed E-state index contributed by atoms with van der Waals surface area (Å²) < 4.78 is 18.1. The van der Waals surface area contributed by atoms with Crippen molar-refractivity contribution in [2.24, 2.45) is 0 Å². The molecular formula is C14H7ClFN3O5. The van der Waals surface area contributed by atoms with Crippen LogP contribution in [-0.2, 0) is 9.59 Å².